The number of nitrogens with zero attached hydrogens (tertiary/aromatic N) is 1. The second kappa shape index (κ2) is 4.68. The molecule has 2 atom stereocenters. The first-order valence-corrected chi connectivity index (χ1v) is 6.94. The third kappa shape index (κ3) is 1.94. The van der Waals surface area contributed by atoms with Crippen LogP contribution in [0.3, 0.4) is 0 Å². The lowest BCUT2D eigenvalue weighted by molar-refractivity contribution is -0.131. The Morgan fingerprint density at radius 1 is 1.15 bits per heavy atom. The predicted octanol–water partition coefficient (Wildman–Crippen LogP) is 0.642. The average Bonchev–Trinajstić information content (AvgIpc) is 2.63. The number of nitrogens with one attached hydrogen (secondary N) is 1. The van der Waals surface area contributed by atoms with Gasteiger partial charge in [-0.3, -0.25) is 19.3 Å². The number of carbonyl (C=O) groups is 3. The Kier molecular flexibility index (Phi) is 3.10. The topological polar surface area (TPSA) is 86.7 Å². The minimum atomic E-state index is -0.914. The Labute approximate surface area is 122 Å². The molecule has 2 N–H and O–H groups in total. The van der Waals surface area contributed by atoms with Gasteiger partial charge in [-0.05, 0) is 31.0 Å². The van der Waals surface area contributed by atoms with E-state index in [0.29, 0.717) is 22.0 Å². The molecule has 0 aliphatic carbocycles. The molecule has 2 aliphatic rings. The number of hydrogen-bond acceptors (Lipinski definition) is 4. The number of aliphatic hydroxyl groups excluding tert-OH is 1. The summed E-state index contributed by atoms with van der Waals surface area (Å²) in [5.41, 5.74) is 0.598. The van der Waals surface area contributed by atoms with Crippen molar-refractivity contribution >= 4 is 33.7 Å². The number of imide groups is 1. The second-order valence-corrected chi connectivity index (χ2v) is 5.70. The molecule has 0 saturated carbocycles. The monoisotopic (exact) mass is 338 g/mol. The molecular weight excluding hydrogens is 328 g/mol. The van der Waals surface area contributed by atoms with Crippen molar-refractivity contribution in [1.82, 2.24) is 10.2 Å². The summed E-state index contributed by atoms with van der Waals surface area (Å²) in [7, 11) is 0. The van der Waals surface area contributed by atoms with Crippen LogP contribution >= 0.6 is 15.9 Å². The SMILES string of the molecule is O=C1NC(O)CCC1N1C(=O)c2ccc(Br)cc2C1=O. The molecule has 3 amide bonds. The van der Waals surface area contributed by atoms with E-state index in [4.69, 9.17) is 0 Å². The maximum Gasteiger partial charge on any atom is 0.262 e. The van der Waals surface area contributed by atoms with Gasteiger partial charge in [-0.2, -0.15) is 0 Å². The second-order valence-electron chi connectivity index (χ2n) is 4.79. The summed E-state index contributed by atoms with van der Waals surface area (Å²) < 4.78 is 0.697. The number of carbonyl (C=O) groups excluding carboxylic acids is 3. The summed E-state index contributed by atoms with van der Waals surface area (Å²) in [5.74, 6) is -1.44. The summed E-state index contributed by atoms with van der Waals surface area (Å²) in [4.78, 5) is 37.5. The third-order valence-electron chi connectivity index (χ3n) is 3.52. The van der Waals surface area contributed by atoms with Crippen LogP contribution in [0, 0.1) is 0 Å². The van der Waals surface area contributed by atoms with Crippen molar-refractivity contribution in [2.45, 2.75) is 25.1 Å². The molecule has 3 rings (SSSR count). The van der Waals surface area contributed by atoms with E-state index < -0.39 is 30.0 Å². The summed E-state index contributed by atoms with van der Waals surface area (Å²) in [6.07, 6.45) is -0.337. The summed E-state index contributed by atoms with van der Waals surface area (Å²) in [6, 6.07) is 3.96. The van der Waals surface area contributed by atoms with Gasteiger partial charge < -0.3 is 10.4 Å². The fraction of sp³-hybridized carbons (Fsp3) is 0.308. The molecule has 6 nitrogen and oxygen atoms in total. The van der Waals surface area contributed by atoms with E-state index in [9.17, 15) is 19.5 Å². The van der Waals surface area contributed by atoms with E-state index >= 15 is 0 Å². The number of halogens is 1. The van der Waals surface area contributed by atoms with Gasteiger partial charge in [-0.1, -0.05) is 15.9 Å². The number of benzene rings is 1. The van der Waals surface area contributed by atoms with Gasteiger partial charge in [0.1, 0.15) is 12.3 Å². The normalized spacial score (nSPS) is 25.7. The van der Waals surface area contributed by atoms with Crippen LogP contribution in [-0.2, 0) is 4.79 Å². The highest BCUT2D eigenvalue weighted by molar-refractivity contribution is 9.10. The van der Waals surface area contributed by atoms with Crippen molar-refractivity contribution < 1.29 is 19.5 Å². The number of hydrogen-bond donors (Lipinski definition) is 2. The van der Waals surface area contributed by atoms with Gasteiger partial charge >= 0.3 is 0 Å². The Morgan fingerprint density at radius 3 is 2.55 bits per heavy atom. The van der Waals surface area contributed by atoms with Crippen LogP contribution in [0.4, 0.5) is 0 Å². The van der Waals surface area contributed by atoms with Gasteiger partial charge in [-0.25, -0.2) is 0 Å². The number of piperidine rings is 1. The molecule has 7 heteroatoms. The van der Waals surface area contributed by atoms with Crippen LogP contribution in [0.1, 0.15) is 33.6 Å². The molecule has 1 aromatic carbocycles. The van der Waals surface area contributed by atoms with E-state index in [0.717, 1.165) is 4.90 Å². The zero-order valence-electron chi connectivity index (χ0n) is 10.3. The first-order chi connectivity index (χ1) is 9.49. The average molecular weight is 339 g/mol. The van der Waals surface area contributed by atoms with Crippen LogP contribution in [0.5, 0.6) is 0 Å². The molecule has 2 heterocycles. The molecule has 0 aromatic heterocycles. The van der Waals surface area contributed by atoms with Gasteiger partial charge in [0, 0.05) is 4.47 Å². The fourth-order valence-corrected chi connectivity index (χ4v) is 2.90. The zero-order valence-corrected chi connectivity index (χ0v) is 11.9. The molecule has 0 radical (unpaired) electrons. The highest BCUT2D eigenvalue weighted by Crippen LogP contribution is 2.29. The number of rotatable bonds is 1. The largest absolute Gasteiger partial charge is 0.374 e. The standard InChI is InChI=1S/C13H11BrN2O4/c14-6-1-2-7-8(5-6)13(20)16(12(7)19)9-3-4-10(17)15-11(9)18/h1-2,5,9-10,17H,3-4H2,(H,15,18). The Hall–Kier alpha value is -1.73. The lowest BCUT2D eigenvalue weighted by atomic mass is 10.0. The van der Waals surface area contributed by atoms with E-state index in [1.807, 2.05) is 0 Å². The summed E-state index contributed by atoms with van der Waals surface area (Å²) >= 11 is 3.25. The van der Waals surface area contributed by atoms with E-state index in [2.05, 4.69) is 21.2 Å². The highest BCUT2D eigenvalue weighted by atomic mass is 79.9. The first kappa shape index (κ1) is 13.3. The Morgan fingerprint density at radius 2 is 1.85 bits per heavy atom. The number of aliphatic hydroxyl groups is 1. The molecule has 0 bridgehead atoms. The van der Waals surface area contributed by atoms with Gasteiger partial charge in [0.05, 0.1) is 11.1 Å². The maximum atomic E-state index is 12.3. The van der Waals surface area contributed by atoms with Crippen molar-refractivity contribution in [2.75, 3.05) is 0 Å². The first-order valence-electron chi connectivity index (χ1n) is 6.15. The lowest BCUT2D eigenvalue weighted by Gasteiger charge is -2.31. The Balaban J connectivity index is 1.96. The number of fused-ring (bicyclic) bond motifs is 1. The minimum absolute atomic E-state index is 0.264. The van der Waals surface area contributed by atoms with Gasteiger partial charge in [-0.15, -0.1) is 0 Å². The van der Waals surface area contributed by atoms with Gasteiger partial charge in [0.15, 0.2) is 0 Å². The van der Waals surface area contributed by atoms with Crippen LogP contribution < -0.4 is 5.32 Å². The lowest BCUT2D eigenvalue weighted by Crippen LogP contribution is -2.55. The van der Waals surface area contributed by atoms with Gasteiger partial charge in [0.2, 0.25) is 5.91 Å². The summed E-state index contributed by atoms with van der Waals surface area (Å²) in [5, 5.41) is 11.7. The summed E-state index contributed by atoms with van der Waals surface area (Å²) in [6.45, 7) is 0. The molecule has 1 fully saturated rings. The molecule has 104 valence electrons. The van der Waals surface area contributed by atoms with Crippen molar-refractivity contribution in [3.05, 3.63) is 33.8 Å². The van der Waals surface area contributed by atoms with Crippen molar-refractivity contribution in [3.63, 3.8) is 0 Å². The molecule has 2 unspecified atom stereocenters. The van der Waals surface area contributed by atoms with Crippen LogP contribution in [0.2, 0.25) is 0 Å². The third-order valence-corrected chi connectivity index (χ3v) is 4.01. The fourth-order valence-electron chi connectivity index (χ4n) is 2.54. The molecule has 1 aromatic rings. The van der Waals surface area contributed by atoms with E-state index in [1.165, 1.54) is 0 Å². The Bertz CT molecular complexity index is 631. The molecular formula is C13H11BrN2O4. The van der Waals surface area contributed by atoms with Crippen molar-refractivity contribution in [2.24, 2.45) is 0 Å². The van der Waals surface area contributed by atoms with Crippen LogP contribution in [-0.4, -0.2) is 40.0 Å². The molecule has 20 heavy (non-hydrogen) atoms. The molecule has 2 aliphatic heterocycles. The van der Waals surface area contributed by atoms with E-state index in [-0.39, 0.29) is 6.42 Å². The number of amides is 3. The van der Waals surface area contributed by atoms with Crippen molar-refractivity contribution in [3.8, 4) is 0 Å². The predicted molar refractivity (Wildman–Crippen MR) is 71.8 cm³/mol. The quantitative estimate of drug-likeness (QED) is 0.736. The van der Waals surface area contributed by atoms with Gasteiger partial charge in [0.25, 0.3) is 11.8 Å². The van der Waals surface area contributed by atoms with E-state index in [1.54, 1.807) is 18.2 Å². The highest BCUT2D eigenvalue weighted by Gasteiger charge is 2.44. The maximum absolute atomic E-state index is 12.3. The minimum Gasteiger partial charge on any atom is -0.374 e. The van der Waals surface area contributed by atoms with Crippen molar-refractivity contribution in [1.29, 1.82) is 0 Å². The van der Waals surface area contributed by atoms with Crippen LogP contribution in [0.15, 0.2) is 22.7 Å². The van der Waals surface area contributed by atoms with Crippen LogP contribution in [0.25, 0.3) is 0 Å². The smallest absolute Gasteiger partial charge is 0.262 e. The molecule has 1 saturated heterocycles. The zero-order chi connectivity index (χ0) is 14.4. The molecule has 0 spiro atoms.